The first kappa shape index (κ1) is 16.5. The predicted octanol–water partition coefficient (Wildman–Crippen LogP) is 3.49. The molecule has 0 unspecified atom stereocenters. The van der Waals surface area contributed by atoms with E-state index in [2.05, 4.69) is 5.32 Å². The molecule has 0 spiro atoms. The summed E-state index contributed by atoms with van der Waals surface area (Å²) in [6, 6.07) is 11.2. The number of rotatable bonds is 5. The first-order valence-corrected chi connectivity index (χ1v) is 6.92. The highest BCUT2D eigenvalue weighted by atomic mass is 19.2. The van der Waals surface area contributed by atoms with Gasteiger partial charge in [0.05, 0.1) is 0 Å². The Morgan fingerprint density at radius 1 is 1.17 bits per heavy atom. The van der Waals surface area contributed by atoms with Crippen LogP contribution in [-0.2, 0) is 11.3 Å². The Labute approximate surface area is 132 Å². The predicted molar refractivity (Wildman–Crippen MR) is 84.4 cm³/mol. The fraction of sp³-hybridized carbons (Fsp3) is 0.118. The lowest BCUT2D eigenvalue weighted by Crippen LogP contribution is -2.24. The number of hydrogen-bond donors (Lipinski definition) is 2. The normalized spacial score (nSPS) is 10.7. The average Bonchev–Trinajstić information content (AvgIpc) is 2.55. The van der Waals surface area contributed by atoms with Gasteiger partial charge in [0.2, 0.25) is 0 Å². The summed E-state index contributed by atoms with van der Waals surface area (Å²) in [7, 11) is 0. The maximum absolute atomic E-state index is 13.1. The number of nitrogens with one attached hydrogen (secondary N) is 1. The molecule has 0 aliphatic carbocycles. The van der Waals surface area contributed by atoms with Crippen LogP contribution in [0.2, 0.25) is 0 Å². The van der Waals surface area contributed by atoms with Crippen molar-refractivity contribution in [3.63, 3.8) is 0 Å². The van der Waals surface area contributed by atoms with Gasteiger partial charge in [0.25, 0.3) is 0 Å². The summed E-state index contributed by atoms with van der Waals surface area (Å²) in [5.74, 6) is -1.98. The third-order valence-electron chi connectivity index (χ3n) is 3.00. The number of nitrogen functional groups attached to an aromatic ring is 1. The van der Waals surface area contributed by atoms with Crippen molar-refractivity contribution in [3.05, 3.63) is 71.3 Å². The molecule has 0 bridgehead atoms. The molecule has 0 saturated heterocycles. The molecule has 4 nitrogen and oxygen atoms in total. The molecule has 0 aliphatic rings. The van der Waals surface area contributed by atoms with Crippen molar-refractivity contribution in [2.75, 3.05) is 12.3 Å². The van der Waals surface area contributed by atoms with Gasteiger partial charge < -0.3 is 15.8 Å². The zero-order valence-electron chi connectivity index (χ0n) is 12.3. The summed E-state index contributed by atoms with van der Waals surface area (Å²) in [6.45, 7) is 0.346. The standard InChI is InChI=1S/C17H16F2N2O2/c18-14-9-13(16(20)10-15(14)19)7-4-8-21-17(22)23-11-12-5-2-1-3-6-12/h1-7,9-10H,8,11,20H2,(H,21,22). The number of amides is 1. The molecular formula is C17H16F2N2O2. The lowest BCUT2D eigenvalue weighted by atomic mass is 10.1. The molecule has 0 atom stereocenters. The van der Waals surface area contributed by atoms with Crippen molar-refractivity contribution in [3.8, 4) is 0 Å². The molecule has 0 saturated carbocycles. The zero-order chi connectivity index (χ0) is 16.7. The molecular weight excluding hydrogens is 302 g/mol. The first-order chi connectivity index (χ1) is 11.1. The van der Waals surface area contributed by atoms with Gasteiger partial charge in [-0.25, -0.2) is 13.6 Å². The number of benzene rings is 2. The molecule has 2 aromatic carbocycles. The Morgan fingerprint density at radius 3 is 2.61 bits per heavy atom. The van der Waals surface area contributed by atoms with Crippen LogP contribution in [0, 0.1) is 11.6 Å². The minimum atomic E-state index is -0.998. The highest BCUT2D eigenvalue weighted by Crippen LogP contribution is 2.18. The summed E-state index contributed by atoms with van der Waals surface area (Å²) in [4.78, 5) is 11.5. The maximum atomic E-state index is 13.1. The van der Waals surface area contributed by atoms with Crippen molar-refractivity contribution < 1.29 is 18.3 Å². The number of nitrogens with two attached hydrogens (primary N) is 1. The molecule has 0 aliphatic heterocycles. The first-order valence-electron chi connectivity index (χ1n) is 6.92. The maximum Gasteiger partial charge on any atom is 0.407 e. The van der Waals surface area contributed by atoms with Crippen LogP contribution >= 0.6 is 0 Å². The van der Waals surface area contributed by atoms with Gasteiger partial charge in [-0.1, -0.05) is 42.5 Å². The molecule has 2 rings (SSSR count). The molecule has 23 heavy (non-hydrogen) atoms. The van der Waals surface area contributed by atoms with Gasteiger partial charge in [0, 0.05) is 23.9 Å². The van der Waals surface area contributed by atoms with Crippen LogP contribution in [0.5, 0.6) is 0 Å². The topological polar surface area (TPSA) is 64.3 Å². The van der Waals surface area contributed by atoms with E-state index in [4.69, 9.17) is 10.5 Å². The van der Waals surface area contributed by atoms with E-state index in [-0.39, 0.29) is 18.8 Å². The number of hydrogen-bond acceptors (Lipinski definition) is 3. The average molecular weight is 318 g/mol. The van der Waals surface area contributed by atoms with Crippen molar-refractivity contribution >= 4 is 17.9 Å². The zero-order valence-corrected chi connectivity index (χ0v) is 12.3. The lowest BCUT2D eigenvalue weighted by molar-refractivity contribution is 0.141. The van der Waals surface area contributed by atoms with E-state index < -0.39 is 17.7 Å². The van der Waals surface area contributed by atoms with Crippen LogP contribution < -0.4 is 11.1 Å². The van der Waals surface area contributed by atoms with Crippen molar-refractivity contribution in [1.82, 2.24) is 5.32 Å². The Balaban J connectivity index is 1.78. The fourth-order valence-corrected chi connectivity index (χ4v) is 1.82. The number of carbonyl (C=O) groups is 1. The number of carbonyl (C=O) groups excluding carboxylic acids is 1. The number of alkyl carbamates (subject to hydrolysis) is 1. The highest BCUT2D eigenvalue weighted by molar-refractivity contribution is 5.68. The van der Waals surface area contributed by atoms with Gasteiger partial charge in [0.15, 0.2) is 11.6 Å². The molecule has 2 aromatic rings. The third kappa shape index (κ3) is 5.10. The van der Waals surface area contributed by atoms with E-state index in [0.717, 1.165) is 17.7 Å². The molecule has 1 amide bonds. The van der Waals surface area contributed by atoms with E-state index >= 15 is 0 Å². The second-order valence-corrected chi connectivity index (χ2v) is 4.74. The molecule has 3 N–H and O–H groups in total. The third-order valence-corrected chi connectivity index (χ3v) is 3.00. The number of ether oxygens (including phenoxy) is 1. The molecule has 6 heteroatoms. The summed E-state index contributed by atoms with van der Waals surface area (Å²) >= 11 is 0. The van der Waals surface area contributed by atoms with Crippen LogP contribution in [0.25, 0.3) is 6.08 Å². The van der Waals surface area contributed by atoms with Gasteiger partial charge in [-0.15, -0.1) is 0 Å². The molecule has 0 aromatic heterocycles. The largest absolute Gasteiger partial charge is 0.445 e. The number of anilines is 1. The van der Waals surface area contributed by atoms with E-state index in [0.29, 0.717) is 5.56 Å². The summed E-state index contributed by atoms with van der Waals surface area (Å²) in [5, 5.41) is 2.51. The van der Waals surface area contributed by atoms with Crippen molar-refractivity contribution in [2.24, 2.45) is 0 Å². The summed E-state index contributed by atoms with van der Waals surface area (Å²) in [5.41, 5.74) is 6.91. The Morgan fingerprint density at radius 2 is 1.87 bits per heavy atom. The van der Waals surface area contributed by atoms with Gasteiger partial charge in [0.1, 0.15) is 6.61 Å². The van der Waals surface area contributed by atoms with Crippen LogP contribution in [0.4, 0.5) is 19.3 Å². The van der Waals surface area contributed by atoms with E-state index in [9.17, 15) is 13.6 Å². The molecule has 120 valence electrons. The fourth-order valence-electron chi connectivity index (χ4n) is 1.82. The van der Waals surface area contributed by atoms with E-state index in [1.807, 2.05) is 30.3 Å². The van der Waals surface area contributed by atoms with Crippen LogP contribution in [0.1, 0.15) is 11.1 Å². The second-order valence-electron chi connectivity index (χ2n) is 4.74. The van der Waals surface area contributed by atoms with Gasteiger partial charge in [-0.2, -0.15) is 0 Å². The minimum Gasteiger partial charge on any atom is -0.445 e. The van der Waals surface area contributed by atoms with E-state index in [1.54, 1.807) is 6.08 Å². The smallest absolute Gasteiger partial charge is 0.407 e. The van der Waals surface area contributed by atoms with Gasteiger partial charge >= 0.3 is 6.09 Å². The second kappa shape index (κ2) is 7.93. The SMILES string of the molecule is Nc1cc(F)c(F)cc1C=CCNC(=O)OCc1ccccc1. The Kier molecular flexibility index (Phi) is 5.68. The molecule has 0 radical (unpaired) electrons. The molecule has 0 fully saturated rings. The highest BCUT2D eigenvalue weighted by Gasteiger charge is 2.05. The van der Waals surface area contributed by atoms with Crippen molar-refractivity contribution in [2.45, 2.75) is 6.61 Å². The minimum absolute atomic E-state index is 0.117. The summed E-state index contributed by atoms with van der Waals surface area (Å²) in [6.07, 6.45) is 2.49. The lowest BCUT2D eigenvalue weighted by Gasteiger charge is -2.05. The van der Waals surface area contributed by atoms with Crippen LogP contribution in [-0.4, -0.2) is 12.6 Å². The van der Waals surface area contributed by atoms with Gasteiger partial charge in [-0.05, 0) is 11.6 Å². The van der Waals surface area contributed by atoms with E-state index in [1.165, 1.54) is 6.08 Å². The summed E-state index contributed by atoms with van der Waals surface area (Å²) < 4.78 is 31.1. The molecule has 0 heterocycles. The van der Waals surface area contributed by atoms with Crippen LogP contribution in [0.15, 0.2) is 48.5 Å². The Bertz CT molecular complexity index is 703. The van der Waals surface area contributed by atoms with Crippen LogP contribution in [0.3, 0.4) is 0 Å². The quantitative estimate of drug-likeness (QED) is 0.830. The van der Waals surface area contributed by atoms with Gasteiger partial charge in [-0.3, -0.25) is 0 Å². The number of halogens is 2. The van der Waals surface area contributed by atoms with Crippen molar-refractivity contribution in [1.29, 1.82) is 0 Å². The Hall–Kier alpha value is -2.89. The monoisotopic (exact) mass is 318 g/mol.